The average Bonchev–Trinajstić information content (AvgIpc) is 2.57. The number of likely N-dealkylation sites (N-methyl/N-ethyl adjacent to an activating group) is 1. The Balaban J connectivity index is 1.74. The number of pyridine rings is 1. The Morgan fingerprint density at radius 1 is 1.33 bits per heavy atom. The molecular weight excluding hydrogens is 326 g/mol. The second-order valence-electron chi connectivity index (χ2n) is 6.46. The number of aliphatic carboxylic acids is 1. The van der Waals surface area contributed by atoms with E-state index in [2.05, 4.69) is 4.90 Å². The predicted octanol–water partition coefficient (Wildman–Crippen LogP) is 3.18. The summed E-state index contributed by atoms with van der Waals surface area (Å²) in [5.41, 5.74) is 2.07. The van der Waals surface area contributed by atoms with Gasteiger partial charge in [-0.25, -0.2) is 4.98 Å². The first-order chi connectivity index (χ1) is 11.5. The molecule has 0 aliphatic carbocycles. The number of anilines is 1. The van der Waals surface area contributed by atoms with Crippen LogP contribution in [0.1, 0.15) is 18.4 Å². The zero-order chi connectivity index (χ0) is 17.3. The zero-order valence-corrected chi connectivity index (χ0v) is 14.8. The van der Waals surface area contributed by atoms with Gasteiger partial charge in [0.2, 0.25) is 0 Å². The van der Waals surface area contributed by atoms with Crippen LogP contribution >= 0.6 is 11.6 Å². The average molecular weight is 348 g/mol. The number of hydrogen-bond donors (Lipinski definition) is 1. The van der Waals surface area contributed by atoms with Gasteiger partial charge in [0.05, 0.1) is 12.1 Å². The first-order valence-electron chi connectivity index (χ1n) is 8.18. The second-order valence-corrected chi connectivity index (χ2v) is 6.86. The molecule has 0 atom stereocenters. The summed E-state index contributed by atoms with van der Waals surface area (Å²) in [6.45, 7) is 3.90. The Kier molecular flexibility index (Phi) is 4.92. The molecule has 1 aliphatic heterocycles. The van der Waals surface area contributed by atoms with Crippen LogP contribution in [0, 0.1) is 6.92 Å². The van der Waals surface area contributed by atoms with Crippen molar-refractivity contribution in [3.8, 4) is 0 Å². The number of aromatic nitrogens is 1. The van der Waals surface area contributed by atoms with E-state index in [1.54, 1.807) is 0 Å². The molecule has 1 aliphatic rings. The Morgan fingerprint density at radius 3 is 2.71 bits per heavy atom. The molecule has 0 unspecified atom stereocenters. The minimum Gasteiger partial charge on any atom is -0.480 e. The van der Waals surface area contributed by atoms with Crippen molar-refractivity contribution in [1.29, 1.82) is 0 Å². The van der Waals surface area contributed by atoms with E-state index in [-0.39, 0.29) is 6.54 Å². The molecule has 2 aromatic rings. The fourth-order valence-corrected chi connectivity index (χ4v) is 3.58. The van der Waals surface area contributed by atoms with Gasteiger partial charge in [-0.2, -0.15) is 0 Å². The quantitative estimate of drug-likeness (QED) is 0.920. The molecule has 1 N–H and O–H groups in total. The van der Waals surface area contributed by atoms with E-state index in [1.165, 1.54) is 0 Å². The third-order valence-electron chi connectivity index (χ3n) is 4.79. The maximum Gasteiger partial charge on any atom is 0.317 e. The molecule has 0 radical (unpaired) electrons. The monoisotopic (exact) mass is 347 g/mol. The molecule has 0 spiro atoms. The van der Waals surface area contributed by atoms with Crippen molar-refractivity contribution in [1.82, 2.24) is 9.88 Å². The smallest absolute Gasteiger partial charge is 0.317 e. The largest absolute Gasteiger partial charge is 0.480 e. The summed E-state index contributed by atoms with van der Waals surface area (Å²) in [7, 11) is 1.88. The number of nitrogens with zero attached hydrogens (tertiary/aromatic N) is 3. The topological polar surface area (TPSA) is 56.7 Å². The van der Waals surface area contributed by atoms with Crippen molar-refractivity contribution in [2.24, 2.45) is 0 Å². The highest BCUT2D eigenvalue weighted by atomic mass is 35.5. The summed E-state index contributed by atoms with van der Waals surface area (Å²) in [6.07, 6.45) is 1.88. The van der Waals surface area contributed by atoms with Crippen LogP contribution in [0.25, 0.3) is 10.9 Å². The van der Waals surface area contributed by atoms with Crippen LogP contribution in [0.2, 0.25) is 5.02 Å². The van der Waals surface area contributed by atoms with Crippen molar-refractivity contribution in [3.05, 3.63) is 34.9 Å². The molecule has 0 bridgehead atoms. The third-order valence-corrected chi connectivity index (χ3v) is 5.12. The molecule has 1 saturated heterocycles. The van der Waals surface area contributed by atoms with E-state index in [1.807, 2.05) is 43.1 Å². The van der Waals surface area contributed by atoms with Crippen LogP contribution in [0.5, 0.6) is 0 Å². The Bertz CT molecular complexity index is 757. The summed E-state index contributed by atoms with van der Waals surface area (Å²) in [4.78, 5) is 19.9. The first-order valence-corrected chi connectivity index (χ1v) is 8.56. The van der Waals surface area contributed by atoms with E-state index in [0.29, 0.717) is 6.04 Å². The van der Waals surface area contributed by atoms with Crippen LogP contribution in [0.15, 0.2) is 24.3 Å². The van der Waals surface area contributed by atoms with Gasteiger partial charge in [-0.3, -0.25) is 9.69 Å². The minimum atomic E-state index is -0.775. The molecule has 1 fully saturated rings. The second kappa shape index (κ2) is 6.95. The number of aryl methyl sites for hydroxylation is 1. The molecule has 24 heavy (non-hydrogen) atoms. The fraction of sp³-hybridized carbons (Fsp3) is 0.444. The summed E-state index contributed by atoms with van der Waals surface area (Å²) in [5, 5.41) is 10.6. The Hall–Kier alpha value is -1.85. The zero-order valence-electron chi connectivity index (χ0n) is 14.0. The number of fused-ring (bicyclic) bond motifs is 1. The molecule has 0 saturated carbocycles. The van der Waals surface area contributed by atoms with E-state index >= 15 is 0 Å². The lowest BCUT2D eigenvalue weighted by Crippen LogP contribution is -2.45. The summed E-state index contributed by atoms with van der Waals surface area (Å²) < 4.78 is 0. The van der Waals surface area contributed by atoms with Gasteiger partial charge in [-0.05, 0) is 50.6 Å². The van der Waals surface area contributed by atoms with Gasteiger partial charge >= 0.3 is 5.97 Å². The molecule has 1 aromatic carbocycles. The molecule has 6 heteroatoms. The van der Waals surface area contributed by atoms with Crippen molar-refractivity contribution in [3.63, 3.8) is 0 Å². The maximum atomic E-state index is 10.8. The van der Waals surface area contributed by atoms with Gasteiger partial charge in [0.25, 0.3) is 0 Å². The van der Waals surface area contributed by atoms with Crippen LogP contribution in [0.4, 0.5) is 5.82 Å². The fourth-order valence-electron chi connectivity index (χ4n) is 3.36. The lowest BCUT2D eigenvalue weighted by atomic mass is 10.0. The van der Waals surface area contributed by atoms with Gasteiger partial charge in [0.15, 0.2) is 0 Å². The standard InChI is InChI=1S/C18H22ClN3O2/c1-12-3-5-15(19)14-4-6-16(20-18(12)14)22-9-7-13(8-10-22)21(2)11-17(23)24/h3-6,13H,7-11H2,1-2H3,(H,23,24). The van der Waals surface area contributed by atoms with Gasteiger partial charge in [-0.1, -0.05) is 17.7 Å². The minimum absolute atomic E-state index is 0.0938. The van der Waals surface area contributed by atoms with Gasteiger partial charge < -0.3 is 10.0 Å². The number of carbonyl (C=O) groups is 1. The number of rotatable bonds is 4. The van der Waals surface area contributed by atoms with Crippen molar-refractivity contribution >= 4 is 34.3 Å². The highest BCUT2D eigenvalue weighted by molar-refractivity contribution is 6.35. The van der Waals surface area contributed by atoms with Gasteiger partial charge in [0.1, 0.15) is 5.82 Å². The Morgan fingerprint density at radius 2 is 2.04 bits per heavy atom. The number of hydrogen-bond acceptors (Lipinski definition) is 4. The van der Waals surface area contributed by atoms with Gasteiger partial charge in [-0.15, -0.1) is 0 Å². The van der Waals surface area contributed by atoms with E-state index in [4.69, 9.17) is 21.7 Å². The first kappa shape index (κ1) is 17.0. The lowest BCUT2D eigenvalue weighted by molar-refractivity contribution is -0.138. The summed E-state index contributed by atoms with van der Waals surface area (Å²) in [5.74, 6) is 0.190. The highest BCUT2D eigenvalue weighted by Crippen LogP contribution is 2.28. The normalized spacial score (nSPS) is 16.1. The van der Waals surface area contributed by atoms with Crippen LogP contribution < -0.4 is 4.90 Å². The number of carboxylic acid groups (broad SMARTS) is 1. The van der Waals surface area contributed by atoms with Crippen LogP contribution in [-0.4, -0.2) is 53.7 Å². The van der Waals surface area contributed by atoms with E-state index in [0.717, 1.165) is 53.2 Å². The van der Waals surface area contributed by atoms with E-state index < -0.39 is 5.97 Å². The van der Waals surface area contributed by atoms with E-state index in [9.17, 15) is 4.79 Å². The molecule has 5 nitrogen and oxygen atoms in total. The third kappa shape index (κ3) is 3.47. The summed E-state index contributed by atoms with van der Waals surface area (Å²) in [6, 6.07) is 8.28. The molecule has 0 amide bonds. The number of carboxylic acids is 1. The predicted molar refractivity (Wildman–Crippen MR) is 97.0 cm³/mol. The van der Waals surface area contributed by atoms with Crippen molar-refractivity contribution in [2.45, 2.75) is 25.8 Å². The van der Waals surface area contributed by atoms with Crippen LogP contribution in [-0.2, 0) is 4.79 Å². The van der Waals surface area contributed by atoms with Crippen LogP contribution in [0.3, 0.4) is 0 Å². The Labute approximate surface area is 146 Å². The maximum absolute atomic E-state index is 10.8. The molecule has 128 valence electrons. The van der Waals surface area contributed by atoms with Gasteiger partial charge in [0, 0.05) is 29.5 Å². The number of piperidine rings is 1. The molecular formula is C18H22ClN3O2. The molecule has 3 rings (SSSR count). The van der Waals surface area contributed by atoms with Crippen molar-refractivity contribution < 1.29 is 9.90 Å². The summed E-state index contributed by atoms with van der Waals surface area (Å²) >= 11 is 6.26. The SMILES string of the molecule is Cc1ccc(Cl)c2ccc(N3CCC(N(C)CC(=O)O)CC3)nc12. The number of halogens is 1. The molecule has 1 aromatic heterocycles. The number of benzene rings is 1. The molecule has 2 heterocycles. The van der Waals surface area contributed by atoms with Crippen molar-refractivity contribution in [2.75, 3.05) is 31.6 Å². The highest BCUT2D eigenvalue weighted by Gasteiger charge is 2.24. The lowest BCUT2D eigenvalue weighted by Gasteiger charge is -2.36.